The molecule has 1 saturated heterocycles. The van der Waals surface area contributed by atoms with Gasteiger partial charge in [-0.25, -0.2) is 4.79 Å². The second kappa shape index (κ2) is 6.84. The molecule has 1 heterocycles. The van der Waals surface area contributed by atoms with Crippen LogP contribution in [0.2, 0.25) is 5.02 Å². The number of rotatable bonds is 4. The van der Waals surface area contributed by atoms with Crippen LogP contribution >= 0.6 is 11.6 Å². The van der Waals surface area contributed by atoms with Gasteiger partial charge in [-0.15, -0.1) is 0 Å². The molecule has 110 valence electrons. The number of urea groups is 1. The van der Waals surface area contributed by atoms with Crippen molar-refractivity contribution in [3.63, 3.8) is 0 Å². The van der Waals surface area contributed by atoms with Crippen molar-refractivity contribution in [2.45, 2.75) is 26.7 Å². The van der Waals surface area contributed by atoms with Crippen LogP contribution in [-0.4, -0.2) is 37.2 Å². The van der Waals surface area contributed by atoms with E-state index >= 15 is 0 Å². The van der Waals surface area contributed by atoms with Crippen LogP contribution in [0.15, 0.2) is 12.1 Å². The van der Waals surface area contributed by atoms with Gasteiger partial charge in [0.15, 0.2) is 0 Å². The van der Waals surface area contributed by atoms with Gasteiger partial charge in [0.1, 0.15) is 12.4 Å². The second-order valence-electron chi connectivity index (χ2n) is 5.15. The van der Waals surface area contributed by atoms with Gasteiger partial charge in [0, 0.05) is 18.1 Å². The Kier molecular flexibility index (Phi) is 5.12. The summed E-state index contributed by atoms with van der Waals surface area (Å²) in [6.45, 7) is 6.61. The summed E-state index contributed by atoms with van der Waals surface area (Å²) in [5.74, 6) is 0.792. The Morgan fingerprint density at radius 3 is 2.50 bits per heavy atom. The van der Waals surface area contributed by atoms with E-state index in [9.17, 15) is 4.79 Å². The normalized spacial score (nSPS) is 14.4. The van der Waals surface area contributed by atoms with Gasteiger partial charge < -0.3 is 15.0 Å². The lowest BCUT2D eigenvalue weighted by Gasteiger charge is -2.16. The largest absolute Gasteiger partial charge is 0.492 e. The van der Waals surface area contributed by atoms with Gasteiger partial charge in [0.25, 0.3) is 0 Å². The molecule has 0 spiro atoms. The molecule has 1 aliphatic rings. The van der Waals surface area contributed by atoms with Crippen LogP contribution in [0.3, 0.4) is 0 Å². The van der Waals surface area contributed by atoms with E-state index in [2.05, 4.69) is 5.32 Å². The lowest BCUT2D eigenvalue weighted by atomic mass is 10.1. The Labute approximate surface area is 125 Å². The maximum absolute atomic E-state index is 11.8. The van der Waals surface area contributed by atoms with E-state index < -0.39 is 0 Å². The van der Waals surface area contributed by atoms with Crippen LogP contribution in [0.4, 0.5) is 4.79 Å². The third-order valence-corrected chi connectivity index (χ3v) is 4.05. The van der Waals surface area contributed by atoms with Crippen LogP contribution < -0.4 is 10.1 Å². The van der Waals surface area contributed by atoms with Gasteiger partial charge in [-0.3, -0.25) is 0 Å². The summed E-state index contributed by atoms with van der Waals surface area (Å²) < 4.78 is 5.64. The van der Waals surface area contributed by atoms with E-state index in [0.717, 1.165) is 47.8 Å². The molecule has 0 saturated carbocycles. The lowest BCUT2D eigenvalue weighted by molar-refractivity contribution is 0.205. The van der Waals surface area contributed by atoms with E-state index in [-0.39, 0.29) is 6.03 Å². The van der Waals surface area contributed by atoms with Crippen molar-refractivity contribution in [1.29, 1.82) is 0 Å². The van der Waals surface area contributed by atoms with Crippen molar-refractivity contribution in [3.8, 4) is 5.75 Å². The average molecular weight is 297 g/mol. The Morgan fingerprint density at radius 1 is 1.30 bits per heavy atom. The van der Waals surface area contributed by atoms with Crippen molar-refractivity contribution in [3.05, 3.63) is 28.3 Å². The first-order valence-corrected chi connectivity index (χ1v) is 7.38. The average Bonchev–Trinajstić information content (AvgIpc) is 2.94. The minimum atomic E-state index is 0.00886. The molecule has 5 heteroatoms. The Hall–Kier alpha value is -1.42. The van der Waals surface area contributed by atoms with Crippen molar-refractivity contribution in [2.24, 2.45) is 0 Å². The third-order valence-electron chi connectivity index (χ3n) is 3.45. The molecular formula is C15H21ClN2O2. The van der Waals surface area contributed by atoms with Crippen molar-refractivity contribution in [1.82, 2.24) is 10.2 Å². The summed E-state index contributed by atoms with van der Waals surface area (Å²) in [5, 5.41) is 3.65. The second-order valence-corrected chi connectivity index (χ2v) is 5.52. The van der Waals surface area contributed by atoms with Crippen molar-refractivity contribution < 1.29 is 9.53 Å². The fourth-order valence-electron chi connectivity index (χ4n) is 2.35. The minimum Gasteiger partial charge on any atom is -0.492 e. The number of amides is 2. The smallest absolute Gasteiger partial charge is 0.317 e. The SMILES string of the molecule is Cc1cc(OCCNC(=O)N2CCCC2)cc(C)c1Cl. The molecule has 20 heavy (non-hydrogen) atoms. The highest BCUT2D eigenvalue weighted by Crippen LogP contribution is 2.25. The topological polar surface area (TPSA) is 41.6 Å². The molecule has 0 aliphatic carbocycles. The molecule has 1 aliphatic heterocycles. The fourth-order valence-corrected chi connectivity index (χ4v) is 2.46. The number of nitrogens with zero attached hydrogens (tertiary/aromatic N) is 1. The molecular weight excluding hydrogens is 276 g/mol. The van der Waals surface area contributed by atoms with Gasteiger partial charge in [-0.1, -0.05) is 11.6 Å². The summed E-state index contributed by atoms with van der Waals surface area (Å²) in [5.41, 5.74) is 2.01. The number of likely N-dealkylation sites (tertiary alicyclic amines) is 1. The molecule has 0 unspecified atom stereocenters. The van der Waals surface area contributed by atoms with E-state index in [1.807, 2.05) is 30.9 Å². The molecule has 1 aromatic carbocycles. The van der Waals surface area contributed by atoms with Crippen molar-refractivity contribution >= 4 is 17.6 Å². The fraction of sp³-hybridized carbons (Fsp3) is 0.533. The number of carbonyl (C=O) groups excluding carboxylic acids is 1. The van der Waals surface area contributed by atoms with Gasteiger partial charge >= 0.3 is 6.03 Å². The van der Waals surface area contributed by atoms with Crippen LogP contribution in [-0.2, 0) is 0 Å². The predicted molar refractivity (Wildman–Crippen MR) is 80.6 cm³/mol. The van der Waals surface area contributed by atoms with Gasteiger partial charge in [0.2, 0.25) is 0 Å². The van der Waals surface area contributed by atoms with Crippen LogP contribution in [0.25, 0.3) is 0 Å². The van der Waals surface area contributed by atoms with Crippen LogP contribution in [0.1, 0.15) is 24.0 Å². The van der Waals surface area contributed by atoms with Gasteiger partial charge in [-0.2, -0.15) is 0 Å². The number of hydrogen-bond donors (Lipinski definition) is 1. The Balaban J connectivity index is 1.74. The van der Waals surface area contributed by atoms with Crippen LogP contribution in [0.5, 0.6) is 5.75 Å². The number of hydrogen-bond acceptors (Lipinski definition) is 2. The molecule has 1 fully saturated rings. The first-order chi connectivity index (χ1) is 9.58. The highest BCUT2D eigenvalue weighted by molar-refractivity contribution is 6.32. The Morgan fingerprint density at radius 2 is 1.90 bits per heavy atom. The maximum Gasteiger partial charge on any atom is 0.317 e. The molecule has 1 N–H and O–H groups in total. The number of benzene rings is 1. The molecule has 2 amide bonds. The van der Waals surface area contributed by atoms with Gasteiger partial charge in [0.05, 0.1) is 6.54 Å². The molecule has 4 nitrogen and oxygen atoms in total. The van der Waals surface area contributed by atoms with Crippen molar-refractivity contribution in [2.75, 3.05) is 26.2 Å². The molecule has 0 bridgehead atoms. The Bertz CT molecular complexity index is 462. The third kappa shape index (κ3) is 3.79. The minimum absolute atomic E-state index is 0.00886. The van der Waals surface area contributed by atoms with Gasteiger partial charge in [-0.05, 0) is 49.9 Å². The lowest BCUT2D eigenvalue weighted by Crippen LogP contribution is -2.39. The first-order valence-electron chi connectivity index (χ1n) is 7.00. The van der Waals surface area contributed by atoms with E-state index in [4.69, 9.17) is 16.3 Å². The monoisotopic (exact) mass is 296 g/mol. The number of carbonyl (C=O) groups is 1. The van der Waals surface area contributed by atoms with E-state index in [1.165, 1.54) is 0 Å². The summed E-state index contributed by atoms with van der Waals surface area (Å²) in [4.78, 5) is 13.6. The molecule has 0 aromatic heterocycles. The first kappa shape index (κ1) is 15.0. The zero-order valence-corrected chi connectivity index (χ0v) is 12.8. The zero-order valence-electron chi connectivity index (χ0n) is 12.0. The van der Waals surface area contributed by atoms with E-state index in [0.29, 0.717) is 13.2 Å². The number of nitrogens with one attached hydrogen (secondary N) is 1. The maximum atomic E-state index is 11.8. The standard InChI is InChI=1S/C15H21ClN2O2/c1-11-9-13(10-12(2)14(11)16)20-8-5-17-15(19)18-6-3-4-7-18/h9-10H,3-8H2,1-2H3,(H,17,19). The predicted octanol–water partition coefficient (Wildman–Crippen LogP) is 3.14. The number of aryl methyl sites for hydroxylation is 2. The highest BCUT2D eigenvalue weighted by Gasteiger charge is 2.16. The zero-order chi connectivity index (χ0) is 14.5. The molecule has 2 rings (SSSR count). The van der Waals surface area contributed by atoms with Crippen LogP contribution in [0, 0.1) is 13.8 Å². The quantitative estimate of drug-likeness (QED) is 0.867. The summed E-state index contributed by atoms with van der Waals surface area (Å²) in [6.07, 6.45) is 2.21. The summed E-state index contributed by atoms with van der Waals surface area (Å²) in [6, 6.07) is 3.84. The molecule has 0 atom stereocenters. The molecule has 1 aromatic rings. The molecule has 0 radical (unpaired) electrons. The summed E-state index contributed by atoms with van der Waals surface area (Å²) >= 11 is 6.11. The number of halogens is 1. The number of ether oxygens (including phenoxy) is 1. The highest BCUT2D eigenvalue weighted by atomic mass is 35.5. The van der Waals surface area contributed by atoms with E-state index in [1.54, 1.807) is 0 Å². The summed E-state index contributed by atoms with van der Waals surface area (Å²) in [7, 11) is 0.